The zero-order valence-electron chi connectivity index (χ0n) is 21.0. The third-order valence-corrected chi connectivity index (χ3v) is 6.12. The van der Waals surface area contributed by atoms with E-state index in [1.165, 1.54) is 6.07 Å². The normalized spacial score (nSPS) is 16.3. The van der Waals surface area contributed by atoms with Gasteiger partial charge in [-0.3, -0.25) is 4.90 Å². The second-order valence-electron chi connectivity index (χ2n) is 9.10. The molecule has 0 aliphatic carbocycles. The molecule has 37 heavy (non-hydrogen) atoms. The minimum Gasteiger partial charge on any atom is -0.435 e. The van der Waals surface area contributed by atoms with Crippen molar-refractivity contribution in [3.05, 3.63) is 84.1 Å². The number of halogens is 2. The van der Waals surface area contributed by atoms with Gasteiger partial charge in [-0.1, -0.05) is 24.3 Å². The number of aliphatic hydroxyl groups is 1. The Morgan fingerprint density at radius 2 is 2.08 bits per heavy atom. The number of ether oxygens (including phenoxy) is 3. The predicted molar refractivity (Wildman–Crippen MR) is 136 cm³/mol. The van der Waals surface area contributed by atoms with Crippen LogP contribution in [0.1, 0.15) is 24.1 Å². The summed E-state index contributed by atoms with van der Waals surface area (Å²) in [6.45, 7) is 8.02. The Morgan fingerprint density at radius 3 is 2.78 bits per heavy atom. The summed E-state index contributed by atoms with van der Waals surface area (Å²) in [5.41, 5.74) is 2.15. The molecule has 0 amide bonds. The molecule has 7 nitrogen and oxygen atoms in total. The standard InChI is InChI=1S/C28H33F2N3O4/c1-3-13-35-19-23(34)16-32(17-24-10-7-14-36-24)18-25-20(2)31-33(22-8-5-4-6-9-22)28(25)37-27-12-11-21(29)15-26(27)30/h3-6,8-9,11-12,15,23-24,34H,1,7,10,13-14,16-19H2,2H3/t23-,24-/m1/s1. The van der Waals surface area contributed by atoms with Crippen LogP contribution in [0.25, 0.3) is 5.69 Å². The second kappa shape index (κ2) is 12.9. The molecule has 0 unspecified atom stereocenters. The Bertz CT molecular complexity index is 1170. The van der Waals surface area contributed by atoms with E-state index in [-0.39, 0.29) is 18.5 Å². The molecule has 1 aromatic heterocycles. The van der Waals surface area contributed by atoms with Gasteiger partial charge in [-0.15, -0.1) is 6.58 Å². The maximum absolute atomic E-state index is 14.6. The molecule has 1 saturated heterocycles. The smallest absolute Gasteiger partial charge is 0.227 e. The number of aromatic nitrogens is 2. The van der Waals surface area contributed by atoms with Crippen molar-refractivity contribution in [2.24, 2.45) is 0 Å². The zero-order valence-corrected chi connectivity index (χ0v) is 21.0. The largest absolute Gasteiger partial charge is 0.435 e. The molecule has 1 N–H and O–H groups in total. The Kier molecular flexibility index (Phi) is 9.40. The van der Waals surface area contributed by atoms with Gasteiger partial charge in [-0.2, -0.15) is 5.10 Å². The van der Waals surface area contributed by atoms with Crippen molar-refractivity contribution >= 4 is 0 Å². The van der Waals surface area contributed by atoms with E-state index in [0.717, 1.165) is 36.2 Å². The third-order valence-electron chi connectivity index (χ3n) is 6.12. The Hall–Kier alpha value is -3.11. The van der Waals surface area contributed by atoms with Crippen LogP contribution < -0.4 is 4.74 Å². The van der Waals surface area contributed by atoms with Crippen LogP contribution in [-0.4, -0.2) is 64.9 Å². The van der Waals surface area contributed by atoms with Gasteiger partial charge >= 0.3 is 0 Å². The van der Waals surface area contributed by atoms with E-state index in [1.54, 1.807) is 10.8 Å². The van der Waals surface area contributed by atoms with Crippen LogP contribution >= 0.6 is 0 Å². The molecule has 2 atom stereocenters. The van der Waals surface area contributed by atoms with Gasteiger partial charge in [0.25, 0.3) is 0 Å². The molecule has 4 rings (SSSR count). The number of rotatable bonds is 13. The van der Waals surface area contributed by atoms with Crippen molar-refractivity contribution in [1.29, 1.82) is 0 Å². The average Bonchev–Trinajstić information content (AvgIpc) is 3.50. The lowest BCUT2D eigenvalue weighted by Gasteiger charge is -2.27. The number of aryl methyl sites for hydroxylation is 1. The van der Waals surface area contributed by atoms with Crippen molar-refractivity contribution in [3.63, 3.8) is 0 Å². The summed E-state index contributed by atoms with van der Waals surface area (Å²) >= 11 is 0. The number of para-hydroxylation sites is 1. The monoisotopic (exact) mass is 513 g/mol. The first-order valence-corrected chi connectivity index (χ1v) is 12.4. The first-order chi connectivity index (χ1) is 17.9. The van der Waals surface area contributed by atoms with E-state index in [0.29, 0.717) is 44.4 Å². The van der Waals surface area contributed by atoms with Crippen LogP contribution in [0.4, 0.5) is 8.78 Å². The van der Waals surface area contributed by atoms with Gasteiger partial charge in [0.2, 0.25) is 5.88 Å². The van der Waals surface area contributed by atoms with Gasteiger partial charge in [-0.25, -0.2) is 13.5 Å². The summed E-state index contributed by atoms with van der Waals surface area (Å²) < 4.78 is 47.1. The van der Waals surface area contributed by atoms with E-state index in [1.807, 2.05) is 37.3 Å². The quantitative estimate of drug-likeness (QED) is 0.262. The Morgan fingerprint density at radius 1 is 1.27 bits per heavy atom. The highest BCUT2D eigenvalue weighted by atomic mass is 19.1. The summed E-state index contributed by atoms with van der Waals surface area (Å²) in [6.07, 6.45) is 2.88. The molecular weight excluding hydrogens is 480 g/mol. The van der Waals surface area contributed by atoms with Crippen LogP contribution in [0.2, 0.25) is 0 Å². The lowest BCUT2D eigenvalue weighted by Crippen LogP contribution is -2.39. The van der Waals surface area contributed by atoms with Gasteiger partial charge in [0.05, 0.1) is 42.4 Å². The molecule has 3 aromatic rings. The van der Waals surface area contributed by atoms with Crippen molar-refractivity contribution < 1.29 is 28.1 Å². The molecule has 1 aliphatic rings. The maximum Gasteiger partial charge on any atom is 0.227 e. The third kappa shape index (κ3) is 7.23. The highest BCUT2D eigenvalue weighted by molar-refractivity contribution is 5.43. The Balaban J connectivity index is 1.66. The fraction of sp³-hybridized carbons (Fsp3) is 0.393. The second-order valence-corrected chi connectivity index (χ2v) is 9.10. The van der Waals surface area contributed by atoms with Crippen molar-refractivity contribution in [1.82, 2.24) is 14.7 Å². The first-order valence-electron chi connectivity index (χ1n) is 12.4. The average molecular weight is 514 g/mol. The molecule has 1 aliphatic heterocycles. The van der Waals surface area contributed by atoms with E-state index < -0.39 is 17.7 Å². The SMILES string of the molecule is C=CCOC[C@H](O)CN(Cc1c(C)nn(-c2ccccc2)c1Oc1ccc(F)cc1F)C[C@H]1CCCO1. The molecular formula is C28H33F2N3O4. The van der Waals surface area contributed by atoms with E-state index in [4.69, 9.17) is 14.2 Å². The van der Waals surface area contributed by atoms with Crippen molar-refractivity contribution in [3.8, 4) is 17.3 Å². The zero-order chi connectivity index (χ0) is 26.2. The highest BCUT2D eigenvalue weighted by Crippen LogP contribution is 2.33. The fourth-order valence-corrected chi connectivity index (χ4v) is 4.37. The Labute approximate surface area is 215 Å². The maximum atomic E-state index is 14.6. The topological polar surface area (TPSA) is 69.0 Å². The van der Waals surface area contributed by atoms with Crippen LogP contribution in [0.5, 0.6) is 11.6 Å². The summed E-state index contributed by atoms with van der Waals surface area (Å²) in [4.78, 5) is 2.07. The van der Waals surface area contributed by atoms with E-state index in [9.17, 15) is 13.9 Å². The number of aliphatic hydroxyl groups excluding tert-OH is 1. The molecule has 198 valence electrons. The number of nitrogens with zero attached hydrogens (tertiary/aromatic N) is 3. The fourth-order valence-electron chi connectivity index (χ4n) is 4.37. The number of hydrogen-bond acceptors (Lipinski definition) is 6. The lowest BCUT2D eigenvalue weighted by atomic mass is 10.1. The van der Waals surface area contributed by atoms with E-state index in [2.05, 4.69) is 16.6 Å². The minimum atomic E-state index is -0.810. The van der Waals surface area contributed by atoms with Gasteiger partial charge in [-0.05, 0) is 44.0 Å². The first kappa shape index (κ1) is 26.9. The van der Waals surface area contributed by atoms with Crippen LogP contribution in [0, 0.1) is 18.6 Å². The van der Waals surface area contributed by atoms with E-state index >= 15 is 0 Å². The van der Waals surface area contributed by atoms with Crippen molar-refractivity contribution in [2.75, 3.05) is 32.9 Å². The van der Waals surface area contributed by atoms with Gasteiger partial charge in [0, 0.05) is 32.3 Å². The van der Waals surface area contributed by atoms with Crippen molar-refractivity contribution in [2.45, 2.75) is 38.5 Å². The number of hydrogen-bond donors (Lipinski definition) is 1. The van der Waals surface area contributed by atoms with Crippen LogP contribution in [-0.2, 0) is 16.0 Å². The highest BCUT2D eigenvalue weighted by Gasteiger charge is 2.26. The summed E-state index contributed by atoms with van der Waals surface area (Å²) in [5, 5.41) is 15.3. The molecule has 2 aromatic carbocycles. The summed E-state index contributed by atoms with van der Waals surface area (Å²) in [5.74, 6) is -1.28. The molecule has 0 spiro atoms. The molecule has 0 bridgehead atoms. The molecule has 9 heteroatoms. The molecule has 0 radical (unpaired) electrons. The summed E-state index contributed by atoms with van der Waals surface area (Å²) in [6, 6.07) is 12.6. The van der Waals surface area contributed by atoms with Gasteiger partial charge in [0.1, 0.15) is 5.82 Å². The summed E-state index contributed by atoms with van der Waals surface area (Å²) in [7, 11) is 0. The molecule has 0 saturated carbocycles. The van der Waals surface area contributed by atoms with Crippen LogP contribution in [0.15, 0.2) is 61.2 Å². The van der Waals surface area contributed by atoms with Gasteiger partial charge < -0.3 is 19.3 Å². The van der Waals surface area contributed by atoms with Gasteiger partial charge in [0.15, 0.2) is 11.6 Å². The molecule has 2 heterocycles. The number of benzene rings is 2. The lowest BCUT2D eigenvalue weighted by molar-refractivity contribution is 0.00836. The van der Waals surface area contributed by atoms with Crippen LogP contribution in [0.3, 0.4) is 0 Å². The minimum absolute atomic E-state index is 0.0460. The predicted octanol–water partition coefficient (Wildman–Crippen LogP) is 4.80. The molecule has 1 fully saturated rings.